The van der Waals surface area contributed by atoms with Crippen LogP contribution in [0.3, 0.4) is 0 Å². The van der Waals surface area contributed by atoms with E-state index in [0.717, 1.165) is 11.1 Å². The van der Waals surface area contributed by atoms with Gasteiger partial charge in [0.2, 0.25) is 5.43 Å². The zero-order chi connectivity index (χ0) is 12.0. The lowest BCUT2D eigenvalue weighted by molar-refractivity contribution is 0.659. The Morgan fingerprint density at radius 3 is 2.53 bits per heavy atom. The van der Waals surface area contributed by atoms with Crippen molar-refractivity contribution in [1.82, 2.24) is 0 Å². The summed E-state index contributed by atoms with van der Waals surface area (Å²) >= 11 is 0. The van der Waals surface area contributed by atoms with Crippen molar-refractivity contribution >= 4 is 21.9 Å². The Balaban J connectivity index is 2.66. The van der Waals surface area contributed by atoms with E-state index in [2.05, 4.69) is 0 Å². The molecule has 0 fully saturated rings. The van der Waals surface area contributed by atoms with E-state index < -0.39 is 0 Å². The first-order chi connectivity index (χ1) is 8.18. The van der Waals surface area contributed by atoms with Gasteiger partial charge in [0.05, 0.1) is 10.8 Å². The lowest BCUT2D eigenvalue weighted by Crippen LogP contribution is -2.04. The third-order valence-electron chi connectivity index (χ3n) is 3.28. The van der Waals surface area contributed by atoms with Gasteiger partial charge in [-0.3, -0.25) is 4.79 Å². The van der Waals surface area contributed by atoms with Gasteiger partial charge in [0.1, 0.15) is 11.2 Å². The highest BCUT2D eigenvalue weighted by atomic mass is 16.3. The number of rotatable bonds is 0. The molecule has 1 aromatic heterocycles. The number of hydrogen-bond donors (Lipinski definition) is 0. The van der Waals surface area contributed by atoms with E-state index in [1.54, 1.807) is 0 Å². The first kappa shape index (κ1) is 10.1. The van der Waals surface area contributed by atoms with Crippen molar-refractivity contribution in [1.29, 1.82) is 0 Å². The van der Waals surface area contributed by atoms with Gasteiger partial charge >= 0.3 is 0 Å². The second-order valence-electron chi connectivity index (χ2n) is 4.31. The minimum atomic E-state index is 0.0584. The third-order valence-corrected chi connectivity index (χ3v) is 3.28. The van der Waals surface area contributed by atoms with Crippen molar-refractivity contribution in [2.24, 2.45) is 0 Å². The van der Waals surface area contributed by atoms with Gasteiger partial charge in [0.15, 0.2) is 0 Å². The second kappa shape index (κ2) is 3.45. The highest BCUT2D eigenvalue weighted by molar-refractivity contribution is 5.91. The lowest BCUT2D eigenvalue weighted by atomic mass is 10.0. The molecule has 0 N–H and O–H groups in total. The highest BCUT2D eigenvalue weighted by Crippen LogP contribution is 2.22. The third kappa shape index (κ3) is 1.37. The molecule has 0 bridgehead atoms. The van der Waals surface area contributed by atoms with Gasteiger partial charge < -0.3 is 4.42 Å². The molecule has 0 spiro atoms. The van der Waals surface area contributed by atoms with E-state index in [0.29, 0.717) is 21.9 Å². The smallest absolute Gasteiger partial charge is 0.200 e. The molecule has 0 aliphatic carbocycles. The molecule has 84 valence electrons. The van der Waals surface area contributed by atoms with Crippen molar-refractivity contribution < 1.29 is 4.42 Å². The predicted octanol–water partition coefficient (Wildman–Crippen LogP) is 3.56. The standard InChI is InChI=1S/C15H12O2/c1-9-7-8-13-14(10(9)2)15(16)11-5-3-4-6-12(11)17-13/h3-8H,1-2H3. The van der Waals surface area contributed by atoms with Crippen molar-refractivity contribution in [3.05, 3.63) is 57.7 Å². The Labute approximate surface area is 98.5 Å². The summed E-state index contributed by atoms with van der Waals surface area (Å²) in [6, 6.07) is 11.2. The quantitative estimate of drug-likeness (QED) is 0.546. The summed E-state index contributed by atoms with van der Waals surface area (Å²) in [6.07, 6.45) is 0. The van der Waals surface area contributed by atoms with E-state index in [4.69, 9.17) is 4.42 Å². The van der Waals surface area contributed by atoms with Crippen LogP contribution in [-0.4, -0.2) is 0 Å². The van der Waals surface area contributed by atoms with Crippen molar-refractivity contribution in [3.63, 3.8) is 0 Å². The van der Waals surface area contributed by atoms with Gasteiger partial charge in [-0.05, 0) is 43.2 Å². The van der Waals surface area contributed by atoms with Crippen molar-refractivity contribution in [2.45, 2.75) is 13.8 Å². The Bertz CT molecular complexity index is 782. The summed E-state index contributed by atoms with van der Waals surface area (Å²) in [4.78, 5) is 12.4. The van der Waals surface area contributed by atoms with Crippen LogP contribution in [-0.2, 0) is 0 Å². The van der Waals surface area contributed by atoms with Crippen molar-refractivity contribution in [2.75, 3.05) is 0 Å². The molecule has 2 nitrogen and oxygen atoms in total. The molecule has 2 heteroatoms. The molecule has 0 radical (unpaired) electrons. The molecule has 3 aromatic rings. The van der Waals surface area contributed by atoms with Crippen LogP contribution in [0.5, 0.6) is 0 Å². The molecule has 0 aliphatic rings. The first-order valence-corrected chi connectivity index (χ1v) is 5.60. The molecular weight excluding hydrogens is 212 g/mol. The summed E-state index contributed by atoms with van der Waals surface area (Å²) in [5, 5.41) is 1.34. The van der Waals surface area contributed by atoms with Crippen LogP contribution in [0.15, 0.2) is 45.6 Å². The molecule has 0 atom stereocenters. The summed E-state index contributed by atoms with van der Waals surface area (Å²) in [5.41, 5.74) is 3.48. The molecule has 0 amide bonds. The average Bonchev–Trinajstić information content (AvgIpc) is 2.34. The van der Waals surface area contributed by atoms with Crippen LogP contribution in [0.25, 0.3) is 21.9 Å². The summed E-state index contributed by atoms with van der Waals surface area (Å²) in [6.45, 7) is 3.97. The zero-order valence-electron chi connectivity index (χ0n) is 9.78. The molecular formula is C15H12O2. The molecule has 1 heterocycles. The molecule has 0 saturated heterocycles. The van der Waals surface area contributed by atoms with Gasteiger partial charge in [-0.1, -0.05) is 18.2 Å². The maximum atomic E-state index is 12.4. The SMILES string of the molecule is Cc1ccc2oc3ccccc3c(=O)c2c1C. The fraction of sp³-hybridized carbons (Fsp3) is 0.133. The molecule has 0 saturated carbocycles. The second-order valence-corrected chi connectivity index (χ2v) is 4.31. The number of aryl methyl sites for hydroxylation is 2. The fourth-order valence-electron chi connectivity index (χ4n) is 2.15. The van der Waals surface area contributed by atoms with E-state index in [9.17, 15) is 4.79 Å². The van der Waals surface area contributed by atoms with Crippen LogP contribution in [0.1, 0.15) is 11.1 Å². The van der Waals surface area contributed by atoms with E-state index in [1.165, 1.54) is 0 Å². The molecule has 0 aliphatic heterocycles. The largest absolute Gasteiger partial charge is 0.456 e. The van der Waals surface area contributed by atoms with Crippen LogP contribution in [0, 0.1) is 13.8 Å². The molecule has 17 heavy (non-hydrogen) atoms. The number of fused-ring (bicyclic) bond motifs is 2. The summed E-state index contributed by atoms with van der Waals surface area (Å²) in [7, 11) is 0. The summed E-state index contributed by atoms with van der Waals surface area (Å²) < 4.78 is 5.76. The van der Waals surface area contributed by atoms with Gasteiger partial charge in [-0.15, -0.1) is 0 Å². The Kier molecular flexibility index (Phi) is 2.05. The average molecular weight is 224 g/mol. The highest BCUT2D eigenvalue weighted by Gasteiger charge is 2.10. The maximum Gasteiger partial charge on any atom is 0.200 e. The molecule has 2 aromatic carbocycles. The maximum absolute atomic E-state index is 12.4. The van der Waals surface area contributed by atoms with Crippen molar-refractivity contribution in [3.8, 4) is 0 Å². The van der Waals surface area contributed by atoms with E-state index in [-0.39, 0.29) is 5.43 Å². The Morgan fingerprint density at radius 2 is 1.71 bits per heavy atom. The minimum Gasteiger partial charge on any atom is -0.456 e. The van der Waals surface area contributed by atoms with Gasteiger partial charge in [0.25, 0.3) is 0 Å². The predicted molar refractivity (Wildman–Crippen MR) is 69.5 cm³/mol. The van der Waals surface area contributed by atoms with E-state index in [1.807, 2.05) is 50.2 Å². The lowest BCUT2D eigenvalue weighted by Gasteiger charge is -2.05. The monoisotopic (exact) mass is 224 g/mol. The summed E-state index contributed by atoms with van der Waals surface area (Å²) in [5.74, 6) is 0. The Hall–Kier alpha value is -2.09. The molecule has 0 unspecified atom stereocenters. The van der Waals surface area contributed by atoms with Crippen LogP contribution < -0.4 is 5.43 Å². The Morgan fingerprint density at radius 1 is 0.941 bits per heavy atom. The van der Waals surface area contributed by atoms with Crippen LogP contribution in [0.2, 0.25) is 0 Å². The number of hydrogen-bond acceptors (Lipinski definition) is 2. The van der Waals surface area contributed by atoms with Crippen LogP contribution in [0.4, 0.5) is 0 Å². The molecule has 3 rings (SSSR count). The topological polar surface area (TPSA) is 30.2 Å². The fourth-order valence-corrected chi connectivity index (χ4v) is 2.15. The first-order valence-electron chi connectivity index (χ1n) is 5.60. The van der Waals surface area contributed by atoms with Crippen LogP contribution >= 0.6 is 0 Å². The van der Waals surface area contributed by atoms with Gasteiger partial charge in [0, 0.05) is 0 Å². The number of benzene rings is 2. The number of para-hydroxylation sites is 1. The van der Waals surface area contributed by atoms with Gasteiger partial charge in [-0.2, -0.15) is 0 Å². The normalized spacial score (nSPS) is 11.2. The van der Waals surface area contributed by atoms with Gasteiger partial charge in [-0.25, -0.2) is 0 Å². The minimum absolute atomic E-state index is 0.0584. The van der Waals surface area contributed by atoms with E-state index >= 15 is 0 Å². The zero-order valence-corrected chi connectivity index (χ0v) is 9.78.